The molecule has 0 amide bonds. The molecule has 6 heteroatoms. The highest BCUT2D eigenvalue weighted by Gasteiger charge is 2.24. The standard InChI is InChI=1S/C21H17Cl2N3O/c22-14-8-9-16(23)17(12-14)26-21-15(6-3-4-10-24-21)20(25-26)19-11-13-5-1-2-7-18(13)27-19/h1-2,5,7-9,11-12,24H,3-4,6,10H2. The predicted molar refractivity (Wildman–Crippen MR) is 110 cm³/mol. The quantitative estimate of drug-likeness (QED) is 0.428. The van der Waals surface area contributed by atoms with E-state index in [1.807, 2.05) is 41.1 Å². The van der Waals surface area contributed by atoms with Crippen LogP contribution in [0.4, 0.5) is 5.82 Å². The number of halogens is 2. The summed E-state index contributed by atoms with van der Waals surface area (Å²) in [4.78, 5) is 0. The Kier molecular flexibility index (Phi) is 4.10. The SMILES string of the molecule is Clc1ccc(Cl)c(-n2nc(-c3cc4ccccc4o3)c3c2NCCCC3)c1. The predicted octanol–water partition coefficient (Wildman–Crippen LogP) is 6.34. The van der Waals surface area contributed by atoms with Crippen LogP contribution in [-0.4, -0.2) is 16.3 Å². The molecule has 1 N–H and O–H groups in total. The van der Waals surface area contributed by atoms with Gasteiger partial charge in [-0.3, -0.25) is 0 Å². The molecule has 136 valence electrons. The van der Waals surface area contributed by atoms with Crippen molar-refractivity contribution in [1.29, 1.82) is 0 Å². The molecule has 4 nitrogen and oxygen atoms in total. The highest BCUT2D eigenvalue weighted by atomic mass is 35.5. The maximum Gasteiger partial charge on any atom is 0.156 e. The Morgan fingerprint density at radius 2 is 1.93 bits per heavy atom. The summed E-state index contributed by atoms with van der Waals surface area (Å²) in [6, 6.07) is 15.5. The number of nitrogens with one attached hydrogen (secondary N) is 1. The Morgan fingerprint density at radius 3 is 2.81 bits per heavy atom. The lowest BCUT2D eigenvalue weighted by Gasteiger charge is -2.11. The van der Waals surface area contributed by atoms with Crippen molar-refractivity contribution in [3.05, 3.63) is 64.1 Å². The Hall–Kier alpha value is -2.43. The van der Waals surface area contributed by atoms with Gasteiger partial charge < -0.3 is 9.73 Å². The van der Waals surface area contributed by atoms with Gasteiger partial charge in [0.2, 0.25) is 0 Å². The molecule has 0 saturated carbocycles. The first-order chi connectivity index (χ1) is 13.2. The van der Waals surface area contributed by atoms with Gasteiger partial charge in [0.25, 0.3) is 0 Å². The molecule has 0 saturated heterocycles. The summed E-state index contributed by atoms with van der Waals surface area (Å²) in [7, 11) is 0. The zero-order valence-electron chi connectivity index (χ0n) is 14.5. The highest BCUT2D eigenvalue weighted by molar-refractivity contribution is 6.34. The molecule has 4 aromatic rings. The van der Waals surface area contributed by atoms with Gasteiger partial charge in [-0.25, -0.2) is 4.68 Å². The normalized spacial score (nSPS) is 14.0. The summed E-state index contributed by atoms with van der Waals surface area (Å²) in [6.45, 7) is 0.899. The van der Waals surface area contributed by atoms with Crippen molar-refractivity contribution < 1.29 is 4.42 Å². The molecule has 0 spiro atoms. The third kappa shape index (κ3) is 2.89. The van der Waals surface area contributed by atoms with Gasteiger partial charge in [0.15, 0.2) is 5.76 Å². The average Bonchev–Trinajstić information content (AvgIpc) is 3.17. The largest absolute Gasteiger partial charge is 0.454 e. The van der Waals surface area contributed by atoms with E-state index in [0.717, 1.165) is 65.3 Å². The summed E-state index contributed by atoms with van der Waals surface area (Å²) in [5.41, 5.74) is 3.63. The van der Waals surface area contributed by atoms with Crippen LogP contribution in [-0.2, 0) is 6.42 Å². The summed E-state index contributed by atoms with van der Waals surface area (Å²) in [5.74, 6) is 1.74. The van der Waals surface area contributed by atoms with Gasteiger partial charge in [-0.05, 0) is 49.6 Å². The maximum atomic E-state index is 6.46. The average molecular weight is 398 g/mol. The number of rotatable bonds is 2. The number of nitrogens with zero attached hydrogens (tertiary/aromatic N) is 2. The Morgan fingerprint density at radius 1 is 1.04 bits per heavy atom. The van der Waals surface area contributed by atoms with Crippen LogP contribution in [0, 0.1) is 0 Å². The molecule has 1 aliphatic rings. The van der Waals surface area contributed by atoms with Crippen LogP contribution in [0.15, 0.2) is 52.9 Å². The third-order valence-electron chi connectivity index (χ3n) is 4.92. The van der Waals surface area contributed by atoms with E-state index in [1.165, 1.54) is 0 Å². The Bertz CT molecular complexity index is 1110. The molecule has 0 fully saturated rings. The lowest BCUT2D eigenvalue weighted by molar-refractivity contribution is 0.625. The molecule has 1 aliphatic heterocycles. The maximum absolute atomic E-state index is 6.46. The number of hydrogen-bond acceptors (Lipinski definition) is 3. The van der Waals surface area contributed by atoms with Crippen molar-refractivity contribution in [3.8, 4) is 17.1 Å². The topological polar surface area (TPSA) is 43.0 Å². The van der Waals surface area contributed by atoms with Gasteiger partial charge in [0.05, 0.1) is 10.7 Å². The van der Waals surface area contributed by atoms with Crippen LogP contribution in [0.2, 0.25) is 10.0 Å². The van der Waals surface area contributed by atoms with Crippen molar-refractivity contribution in [3.63, 3.8) is 0 Å². The molecule has 0 aliphatic carbocycles. The molecular weight excluding hydrogens is 381 g/mol. The molecule has 2 aromatic heterocycles. The lowest BCUT2D eigenvalue weighted by Crippen LogP contribution is -2.07. The molecule has 5 rings (SSSR count). The lowest BCUT2D eigenvalue weighted by atomic mass is 10.1. The van der Waals surface area contributed by atoms with Crippen molar-refractivity contribution in [1.82, 2.24) is 9.78 Å². The monoisotopic (exact) mass is 397 g/mol. The van der Waals surface area contributed by atoms with Gasteiger partial charge in [-0.15, -0.1) is 0 Å². The van der Waals surface area contributed by atoms with E-state index in [0.29, 0.717) is 10.0 Å². The first-order valence-electron chi connectivity index (χ1n) is 9.01. The van der Waals surface area contributed by atoms with E-state index in [4.69, 9.17) is 32.7 Å². The number of aromatic nitrogens is 2. The molecule has 2 aromatic carbocycles. The third-order valence-corrected chi connectivity index (χ3v) is 5.48. The first kappa shape index (κ1) is 16.7. The van der Waals surface area contributed by atoms with Crippen LogP contribution in [0.1, 0.15) is 18.4 Å². The van der Waals surface area contributed by atoms with Crippen LogP contribution in [0.3, 0.4) is 0 Å². The van der Waals surface area contributed by atoms with Crippen LogP contribution in [0.5, 0.6) is 0 Å². The fourth-order valence-corrected chi connectivity index (χ4v) is 3.99. The van der Waals surface area contributed by atoms with Crippen LogP contribution in [0.25, 0.3) is 28.1 Å². The number of anilines is 1. The summed E-state index contributed by atoms with van der Waals surface area (Å²) in [6.07, 6.45) is 3.15. The Balaban J connectivity index is 1.74. The molecule has 0 bridgehead atoms. The van der Waals surface area contributed by atoms with E-state index in [-0.39, 0.29) is 0 Å². The summed E-state index contributed by atoms with van der Waals surface area (Å²) < 4.78 is 7.96. The summed E-state index contributed by atoms with van der Waals surface area (Å²) >= 11 is 12.7. The van der Waals surface area contributed by atoms with Gasteiger partial charge in [-0.1, -0.05) is 41.4 Å². The smallest absolute Gasteiger partial charge is 0.156 e. The Labute approximate surface area is 166 Å². The minimum absolute atomic E-state index is 0.604. The van der Waals surface area contributed by atoms with E-state index in [9.17, 15) is 0 Å². The minimum Gasteiger partial charge on any atom is -0.454 e. The van der Waals surface area contributed by atoms with E-state index in [1.54, 1.807) is 12.1 Å². The van der Waals surface area contributed by atoms with E-state index < -0.39 is 0 Å². The molecule has 0 unspecified atom stereocenters. The molecular formula is C21H17Cl2N3O. The second-order valence-electron chi connectivity index (χ2n) is 6.72. The number of hydrogen-bond donors (Lipinski definition) is 1. The van der Waals surface area contributed by atoms with Gasteiger partial charge >= 0.3 is 0 Å². The number of furan rings is 1. The number of fused-ring (bicyclic) bond motifs is 2. The van der Waals surface area contributed by atoms with Crippen molar-refractivity contribution in [2.24, 2.45) is 0 Å². The van der Waals surface area contributed by atoms with Crippen LogP contribution >= 0.6 is 23.2 Å². The second kappa shape index (κ2) is 6.63. The number of benzene rings is 2. The van der Waals surface area contributed by atoms with Gasteiger partial charge in [-0.2, -0.15) is 5.10 Å². The molecule has 27 heavy (non-hydrogen) atoms. The van der Waals surface area contributed by atoms with Crippen molar-refractivity contribution in [2.45, 2.75) is 19.3 Å². The number of para-hydroxylation sites is 1. The fraction of sp³-hybridized carbons (Fsp3) is 0.190. The zero-order valence-corrected chi connectivity index (χ0v) is 16.0. The zero-order chi connectivity index (χ0) is 18.4. The van der Waals surface area contributed by atoms with Gasteiger partial charge in [0.1, 0.15) is 17.1 Å². The molecule has 0 radical (unpaired) electrons. The first-order valence-corrected chi connectivity index (χ1v) is 9.76. The fourth-order valence-electron chi connectivity index (χ4n) is 3.62. The van der Waals surface area contributed by atoms with E-state index >= 15 is 0 Å². The van der Waals surface area contributed by atoms with Crippen molar-refractivity contribution >= 4 is 40.0 Å². The minimum atomic E-state index is 0.604. The van der Waals surface area contributed by atoms with Crippen molar-refractivity contribution in [2.75, 3.05) is 11.9 Å². The highest BCUT2D eigenvalue weighted by Crippen LogP contribution is 2.38. The molecule has 3 heterocycles. The van der Waals surface area contributed by atoms with Crippen LogP contribution < -0.4 is 5.32 Å². The second-order valence-corrected chi connectivity index (χ2v) is 7.56. The van der Waals surface area contributed by atoms with E-state index in [2.05, 4.69) is 5.32 Å². The van der Waals surface area contributed by atoms with Gasteiger partial charge in [0, 0.05) is 22.5 Å². The summed E-state index contributed by atoms with van der Waals surface area (Å²) in [5, 5.41) is 10.7. The molecule has 0 atom stereocenters.